The average Bonchev–Trinajstić information content (AvgIpc) is 3.14. The lowest BCUT2D eigenvalue weighted by Crippen LogP contribution is -2.06. The number of non-ortho nitro benzene ring substituents is 1. The lowest BCUT2D eigenvalue weighted by Gasteiger charge is -2.09. The summed E-state index contributed by atoms with van der Waals surface area (Å²) in [5.41, 5.74) is 1.26. The molecule has 0 saturated carbocycles. The van der Waals surface area contributed by atoms with Crippen LogP contribution in [0.4, 0.5) is 10.1 Å². The van der Waals surface area contributed by atoms with E-state index in [9.17, 15) is 19.3 Å². The molecule has 0 saturated heterocycles. The van der Waals surface area contributed by atoms with E-state index in [0.29, 0.717) is 11.3 Å². The van der Waals surface area contributed by atoms with Crippen LogP contribution < -0.4 is 4.74 Å². The van der Waals surface area contributed by atoms with Gasteiger partial charge in [0.1, 0.15) is 18.2 Å². The SMILES string of the molecule is O=C1OC(c2cc([N+](=O)[O-])ccc2Cl)=N/C1=C\c1ccccc1OCc1ccc(F)cc1. The van der Waals surface area contributed by atoms with Gasteiger partial charge < -0.3 is 9.47 Å². The van der Waals surface area contributed by atoms with Crippen molar-refractivity contribution in [1.82, 2.24) is 0 Å². The van der Waals surface area contributed by atoms with Crippen LogP contribution in [0.3, 0.4) is 0 Å². The molecule has 1 aliphatic heterocycles. The Morgan fingerprint density at radius 1 is 1.12 bits per heavy atom. The molecule has 1 heterocycles. The topological polar surface area (TPSA) is 91.0 Å². The quantitative estimate of drug-likeness (QED) is 0.219. The van der Waals surface area contributed by atoms with Crippen LogP contribution in [0.15, 0.2) is 77.4 Å². The number of carbonyl (C=O) groups is 1. The molecule has 1 aliphatic rings. The second-order valence-corrected chi connectivity index (χ2v) is 7.12. The van der Waals surface area contributed by atoms with E-state index in [-0.39, 0.29) is 40.3 Å². The highest BCUT2D eigenvalue weighted by Gasteiger charge is 2.27. The van der Waals surface area contributed by atoms with Crippen molar-refractivity contribution in [3.8, 4) is 5.75 Å². The smallest absolute Gasteiger partial charge is 0.363 e. The Labute approximate surface area is 186 Å². The molecule has 0 spiro atoms. The first-order valence-electron chi connectivity index (χ1n) is 9.34. The zero-order valence-electron chi connectivity index (χ0n) is 16.3. The summed E-state index contributed by atoms with van der Waals surface area (Å²) >= 11 is 6.11. The number of nitro groups is 1. The number of nitrogens with zero attached hydrogens (tertiary/aromatic N) is 2. The molecule has 0 fully saturated rings. The fourth-order valence-electron chi connectivity index (χ4n) is 2.94. The number of esters is 1. The van der Waals surface area contributed by atoms with Gasteiger partial charge >= 0.3 is 5.97 Å². The van der Waals surface area contributed by atoms with Crippen molar-refractivity contribution in [3.63, 3.8) is 0 Å². The largest absolute Gasteiger partial charge is 0.488 e. The molecule has 0 aliphatic carbocycles. The minimum absolute atomic E-state index is 0.0135. The van der Waals surface area contributed by atoms with Gasteiger partial charge in [0.2, 0.25) is 5.90 Å². The van der Waals surface area contributed by atoms with Gasteiger partial charge in [-0.05, 0) is 35.9 Å². The zero-order chi connectivity index (χ0) is 22.7. The lowest BCUT2D eigenvalue weighted by atomic mass is 10.1. The van der Waals surface area contributed by atoms with Gasteiger partial charge in [-0.3, -0.25) is 10.1 Å². The van der Waals surface area contributed by atoms with Crippen LogP contribution in [0.25, 0.3) is 6.08 Å². The molecule has 9 heteroatoms. The first-order chi connectivity index (χ1) is 15.4. The maximum atomic E-state index is 13.1. The molecule has 0 atom stereocenters. The Morgan fingerprint density at radius 2 is 1.88 bits per heavy atom. The van der Waals surface area contributed by atoms with Crippen LogP contribution in [0.1, 0.15) is 16.7 Å². The van der Waals surface area contributed by atoms with E-state index in [1.165, 1.54) is 36.4 Å². The molecule has 0 N–H and O–H groups in total. The van der Waals surface area contributed by atoms with Gasteiger partial charge in [0.15, 0.2) is 5.70 Å². The number of hydrogen-bond donors (Lipinski definition) is 0. The fourth-order valence-corrected chi connectivity index (χ4v) is 3.13. The van der Waals surface area contributed by atoms with Crippen LogP contribution in [0.2, 0.25) is 5.02 Å². The van der Waals surface area contributed by atoms with Gasteiger partial charge in [-0.25, -0.2) is 14.2 Å². The highest BCUT2D eigenvalue weighted by atomic mass is 35.5. The van der Waals surface area contributed by atoms with Gasteiger partial charge in [-0.15, -0.1) is 0 Å². The summed E-state index contributed by atoms with van der Waals surface area (Å²) in [7, 11) is 0. The van der Waals surface area contributed by atoms with Crippen LogP contribution >= 0.6 is 11.6 Å². The number of halogens is 2. The van der Waals surface area contributed by atoms with Gasteiger partial charge in [0, 0.05) is 17.7 Å². The standard InChI is InChI=1S/C23H14ClFN2O5/c24-19-10-9-17(27(29)30)12-18(19)22-26-20(23(28)32-22)11-15-3-1-2-4-21(15)31-13-14-5-7-16(25)8-6-14/h1-12H,13H2/b20-11-. The van der Waals surface area contributed by atoms with Crippen molar-refractivity contribution in [2.24, 2.45) is 4.99 Å². The number of ether oxygens (including phenoxy) is 2. The minimum atomic E-state index is -0.726. The van der Waals surface area contributed by atoms with Crippen LogP contribution in [-0.2, 0) is 16.1 Å². The first-order valence-corrected chi connectivity index (χ1v) is 9.71. The molecule has 4 rings (SSSR count). The van der Waals surface area contributed by atoms with E-state index in [2.05, 4.69) is 4.99 Å². The number of benzene rings is 3. The van der Waals surface area contributed by atoms with E-state index in [1.54, 1.807) is 36.4 Å². The molecule has 3 aromatic rings. The van der Waals surface area contributed by atoms with Gasteiger partial charge in [0.25, 0.3) is 5.69 Å². The number of rotatable bonds is 6. The molecule has 7 nitrogen and oxygen atoms in total. The number of cyclic esters (lactones) is 1. The molecular formula is C23H14ClFN2O5. The van der Waals surface area contributed by atoms with E-state index < -0.39 is 10.9 Å². The first kappa shape index (κ1) is 21.2. The molecule has 0 unspecified atom stereocenters. The fraction of sp³-hybridized carbons (Fsp3) is 0.0435. The summed E-state index contributed by atoms with van der Waals surface area (Å²) < 4.78 is 24.1. The molecule has 0 amide bonds. The number of aliphatic imine (C=N–C) groups is 1. The van der Waals surface area contributed by atoms with Gasteiger partial charge in [-0.2, -0.15) is 0 Å². The summed E-state index contributed by atoms with van der Waals surface area (Å²) in [5.74, 6) is -0.708. The Morgan fingerprint density at radius 3 is 2.62 bits per heavy atom. The Kier molecular flexibility index (Phi) is 5.96. The molecule has 32 heavy (non-hydrogen) atoms. The van der Waals surface area contributed by atoms with E-state index in [0.717, 1.165) is 5.56 Å². The van der Waals surface area contributed by atoms with E-state index in [4.69, 9.17) is 21.1 Å². The third-order valence-electron chi connectivity index (χ3n) is 4.53. The van der Waals surface area contributed by atoms with Crippen molar-refractivity contribution in [1.29, 1.82) is 0 Å². The van der Waals surface area contributed by atoms with E-state index >= 15 is 0 Å². The number of hydrogen-bond acceptors (Lipinski definition) is 6. The van der Waals surface area contributed by atoms with Crippen molar-refractivity contribution in [3.05, 3.63) is 110 Å². The maximum Gasteiger partial charge on any atom is 0.363 e. The number of para-hydroxylation sites is 1. The third-order valence-corrected chi connectivity index (χ3v) is 4.86. The zero-order valence-corrected chi connectivity index (χ0v) is 17.1. The number of nitro benzene ring substituents is 1. The molecule has 0 aromatic heterocycles. The van der Waals surface area contributed by atoms with Crippen LogP contribution in [-0.4, -0.2) is 16.8 Å². The van der Waals surface area contributed by atoms with Gasteiger partial charge in [-0.1, -0.05) is 41.9 Å². The second-order valence-electron chi connectivity index (χ2n) is 6.71. The Hall–Kier alpha value is -4.04. The molecule has 0 bridgehead atoms. The second kappa shape index (κ2) is 8.99. The Bertz CT molecular complexity index is 1270. The van der Waals surface area contributed by atoms with Crippen molar-refractivity contribution < 1.29 is 23.6 Å². The number of carbonyl (C=O) groups excluding carboxylic acids is 1. The minimum Gasteiger partial charge on any atom is -0.488 e. The van der Waals surface area contributed by atoms with Gasteiger partial charge in [0.05, 0.1) is 15.5 Å². The molecule has 160 valence electrons. The van der Waals surface area contributed by atoms with E-state index in [1.807, 2.05) is 0 Å². The molecular weight excluding hydrogens is 439 g/mol. The third kappa shape index (κ3) is 4.65. The van der Waals surface area contributed by atoms with Crippen molar-refractivity contribution in [2.45, 2.75) is 6.61 Å². The normalized spacial score (nSPS) is 14.2. The monoisotopic (exact) mass is 452 g/mol. The summed E-state index contributed by atoms with van der Waals surface area (Å²) in [4.78, 5) is 27.0. The Balaban J connectivity index is 1.61. The maximum absolute atomic E-state index is 13.1. The highest BCUT2D eigenvalue weighted by molar-refractivity contribution is 6.34. The van der Waals surface area contributed by atoms with Crippen LogP contribution in [0, 0.1) is 15.9 Å². The molecule has 3 aromatic carbocycles. The predicted octanol–water partition coefficient (Wildman–Crippen LogP) is 5.31. The average molecular weight is 453 g/mol. The van der Waals surface area contributed by atoms with Crippen LogP contribution in [0.5, 0.6) is 5.75 Å². The van der Waals surface area contributed by atoms with Crippen molar-refractivity contribution in [2.75, 3.05) is 0 Å². The lowest BCUT2D eigenvalue weighted by molar-refractivity contribution is -0.384. The highest BCUT2D eigenvalue weighted by Crippen LogP contribution is 2.29. The molecule has 0 radical (unpaired) electrons. The summed E-state index contributed by atoms with van der Waals surface area (Å²) in [6.07, 6.45) is 1.49. The summed E-state index contributed by atoms with van der Waals surface area (Å²) in [6.45, 7) is 0.197. The summed E-state index contributed by atoms with van der Waals surface area (Å²) in [6, 6.07) is 16.7. The van der Waals surface area contributed by atoms with Crippen molar-refractivity contribution >= 4 is 35.2 Å². The predicted molar refractivity (Wildman–Crippen MR) is 116 cm³/mol. The summed E-state index contributed by atoms with van der Waals surface area (Å²) in [5, 5.41) is 11.2.